The van der Waals surface area contributed by atoms with E-state index in [9.17, 15) is 5.11 Å². The Morgan fingerprint density at radius 1 is 1.11 bits per heavy atom. The molecule has 0 fully saturated rings. The van der Waals surface area contributed by atoms with Crippen molar-refractivity contribution in [1.82, 2.24) is 0 Å². The van der Waals surface area contributed by atoms with Gasteiger partial charge in [-0.3, -0.25) is 0 Å². The second-order valence-electron chi connectivity index (χ2n) is 5.21. The SMILES string of the molecule is CCCCC(CC)COCCC(O)c1ccccc1. The molecule has 0 aliphatic carbocycles. The molecule has 2 nitrogen and oxygen atoms in total. The molecule has 2 unspecified atom stereocenters. The van der Waals surface area contributed by atoms with E-state index < -0.39 is 6.10 Å². The molecule has 1 aromatic carbocycles. The van der Waals surface area contributed by atoms with Gasteiger partial charge in [-0.1, -0.05) is 63.4 Å². The summed E-state index contributed by atoms with van der Waals surface area (Å²) in [4.78, 5) is 0. The molecule has 1 aromatic rings. The van der Waals surface area contributed by atoms with Crippen LogP contribution in [0.3, 0.4) is 0 Å². The second-order valence-corrected chi connectivity index (χ2v) is 5.21. The number of aliphatic hydroxyl groups excluding tert-OH is 1. The zero-order valence-electron chi connectivity index (χ0n) is 12.3. The normalized spacial score (nSPS) is 14.3. The minimum atomic E-state index is -0.406. The van der Waals surface area contributed by atoms with Crippen molar-refractivity contribution in [2.75, 3.05) is 13.2 Å². The van der Waals surface area contributed by atoms with Crippen LogP contribution < -0.4 is 0 Å². The van der Waals surface area contributed by atoms with E-state index in [2.05, 4.69) is 13.8 Å². The third-order valence-corrected chi connectivity index (χ3v) is 3.62. The predicted molar refractivity (Wildman–Crippen MR) is 80.1 cm³/mol. The van der Waals surface area contributed by atoms with Gasteiger partial charge in [0.2, 0.25) is 0 Å². The first-order valence-corrected chi connectivity index (χ1v) is 7.58. The lowest BCUT2D eigenvalue weighted by molar-refractivity contribution is 0.0593. The molecule has 0 heterocycles. The molecule has 0 aliphatic rings. The summed E-state index contributed by atoms with van der Waals surface area (Å²) in [6.45, 7) is 5.92. The van der Waals surface area contributed by atoms with E-state index in [-0.39, 0.29) is 0 Å². The van der Waals surface area contributed by atoms with Gasteiger partial charge in [0.1, 0.15) is 0 Å². The summed E-state index contributed by atoms with van der Waals surface area (Å²) in [5.74, 6) is 0.675. The lowest BCUT2D eigenvalue weighted by atomic mass is 10.0. The molecule has 1 N–H and O–H groups in total. The maximum absolute atomic E-state index is 10.0. The first kappa shape index (κ1) is 16.2. The molecular formula is C17H28O2. The molecule has 19 heavy (non-hydrogen) atoms. The maximum Gasteiger partial charge on any atom is 0.0812 e. The highest BCUT2D eigenvalue weighted by atomic mass is 16.5. The first-order chi connectivity index (χ1) is 9.27. The van der Waals surface area contributed by atoms with Crippen molar-refractivity contribution >= 4 is 0 Å². The van der Waals surface area contributed by atoms with Crippen LogP contribution in [0, 0.1) is 5.92 Å². The summed E-state index contributed by atoms with van der Waals surface area (Å²) < 4.78 is 5.72. The van der Waals surface area contributed by atoms with E-state index in [0.29, 0.717) is 18.9 Å². The molecule has 0 bridgehead atoms. The van der Waals surface area contributed by atoms with Gasteiger partial charge in [-0.05, 0) is 17.9 Å². The van der Waals surface area contributed by atoms with E-state index in [1.165, 1.54) is 25.7 Å². The van der Waals surface area contributed by atoms with Gasteiger partial charge in [-0.15, -0.1) is 0 Å². The standard InChI is InChI=1S/C17H28O2/c1-3-5-9-15(4-2)14-19-13-12-17(18)16-10-7-6-8-11-16/h6-8,10-11,15,17-18H,3-5,9,12-14H2,1-2H3. The van der Waals surface area contributed by atoms with Crippen LogP contribution in [0.4, 0.5) is 0 Å². The highest BCUT2D eigenvalue weighted by Gasteiger charge is 2.09. The third kappa shape index (κ3) is 6.74. The van der Waals surface area contributed by atoms with Gasteiger partial charge in [-0.25, -0.2) is 0 Å². The van der Waals surface area contributed by atoms with Crippen LogP contribution in [0.2, 0.25) is 0 Å². The Morgan fingerprint density at radius 2 is 1.84 bits per heavy atom. The monoisotopic (exact) mass is 264 g/mol. The fraction of sp³-hybridized carbons (Fsp3) is 0.647. The van der Waals surface area contributed by atoms with Gasteiger partial charge >= 0.3 is 0 Å². The van der Waals surface area contributed by atoms with Crippen molar-refractivity contribution in [2.24, 2.45) is 5.92 Å². The van der Waals surface area contributed by atoms with Crippen LogP contribution in [0.1, 0.15) is 57.6 Å². The second kappa shape index (κ2) is 9.99. The highest BCUT2D eigenvalue weighted by molar-refractivity contribution is 5.16. The van der Waals surface area contributed by atoms with Crippen molar-refractivity contribution in [2.45, 2.75) is 52.1 Å². The molecule has 0 spiro atoms. The van der Waals surface area contributed by atoms with Crippen molar-refractivity contribution in [3.8, 4) is 0 Å². The predicted octanol–water partition coefficient (Wildman–Crippen LogP) is 4.34. The molecule has 2 heteroatoms. The number of aliphatic hydroxyl groups is 1. The van der Waals surface area contributed by atoms with Crippen molar-refractivity contribution < 1.29 is 9.84 Å². The summed E-state index contributed by atoms with van der Waals surface area (Å²) in [5, 5.41) is 10.0. The Morgan fingerprint density at radius 3 is 2.47 bits per heavy atom. The Balaban J connectivity index is 2.16. The van der Waals surface area contributed by atoms with Crippen LogP contribution in [0.5, 0.6) is 0 Å². The molecule has 1 rings (SSSR count). The average Bonchev–Trinajstić information content (AvgIpc) is 2.47. The molecule has 0 aliphatic heterocycles. The Labute approximate surface area is 117 Å². The minimum absolute atomic E-state index is 0.406. The number of rotatable bonds is 10. The van der Waals surface area contributed by atoms with Crippen LogP contribution >= 0.6 is 0 Å². The summed E-state index contributed by atoms with van der Waals surface area (Å²) in [5.41, 5.74) is 0.976. The fourth-order valence-corrected chi connectivity index (χ4v) is 2.18. The van der Waals surface area contributed by atoms with E-state index in [4.69, 9.17) is 4.74 Å². The topological polar surface area (TPSA) is 29.5 Å². The molecule has 0 aromatic heterocycles. The van der Waals surface area contributed by atoms with E-state index >= 15 is 0 Å². The molecule has 2 atom stereocenters. The molecule has 0 radical (unpaired) electrons. The van der Waals surface area contributed by atoms with Crippen LogP contribution in [0.25, 0.3) is 0 Å². The summed E-state index contributed by atoms with van der Waals surface area (Å²) >= 11 is 0. The smallest absolute Gasteiger partial charge is 0.0812 e. The van der Waals surface area contributed by atoms with E-state index in [1.807, 2.05) is 30.3 Å². The summed E-state index contributed by atoms with van der Waals surface area (Å²) in [7, 11) is 0. The van der Waals surface area contributed by atoms with Gasteiger partial charge in [0.15, 0.2) is 0 Å². The van der Waals surface area contributed by atoms with Gasteiger partial charge in [0.25, 0.3) is 0 Å². The summed E-state index contributed by atoms with van der Waals surface area (Å²) in [6.07, 6.45) is 5.25. The number of ether oxygens (including phenoxy) is 1. The Kier molecular flexibility index (Phi) is 8.52. The molecule has 0 saturated carbocycles. The number of unbranched alkanes of at least 4 members (excludes halogenated alkanes) is 1. The minimum Gasteiger partial charge on any atom is -0.388 e. The lowest BCUT2D eigenvalue weighted by Gasteiger charge is -2.16. The van der Waals surface area contributed by atoms with Crippen molar-refractivity contribution in [3.05, 3.63) is 35.9 Å². The van der Waals surface area contributed by atoms with Gasteiger partial charge in [0.05, 0.1) is 6.10 Å². The zero-order chi connectivity index (χ0) is 13.9. The maximum atomic E-state index is 10.0. The zero-order valence-corrected chi connectivity index (χ0v) is 12.3. The van der Waals surface area contributed by atoms with E-state index in [0.717, 1.165) is 12.2 Å². The van der Waals surface area contributed by atoms with E-state index in [1.54, 1.807) is 0 Å². The van der Waals surface area contributed by atoms with Crippen LogP contribution in [0.15, 0.2) is 30.3 Å². The average molecular weight is 264 g/mol. The van der Waals surface area contributed by atoms with Gasteiger partial charge < -0.3 is 9.84 Å². The highest BCUT2D eigenvalue weighted by Crippen LogP contribution is 2.17. The van der Waals surface area contributed by atoms with Crippen LogP contribution in [-0.4, -0.2) is 18.3 Å². The molecule has 0 saturated heterocycles. The molecule has 0 amide bonds. The Bertz CT molecular complexity index is 310. The number of hydrogen-bond donors (Lipinski definition) is 1. The number of hydrogen-bond acceptors (Lipinski definition) is 2. The van der Waals surface area contributed by atoms with Gasteiger partial charge in [-0.2, -0.15) is 0 Å². The largest absolute Gasteiger partial charge is 0.388 e. The van der Waals surface area contributed by atoms with Crippen LogP contribution in [-0.2, 0) is 4.74 Å². The van der Waals surface area contributed by atoms with Crippen molar-refractivity contribution in [3.63, 3.8) is 0 Å². The molecular weight excluding hydrogens is 236 g/mol. The third-order valence-electron chi connectivity index (χ3n) is 3.62. The summed E-state index contributed by atoms with van der Waals surface area (Å²) in [6, 6.07) is 9.79. The molecule has 108 valence electrons. The lowest BCUT2D eigenvalue weighted by Crippen LogP contribution is -2.11. The quantitative estimate of drug-likeness (QED) is 0.637. The fourth-order valence-electron chi connectivity index (χ4n) is 2.18. The Hall–Kier alpha value is -0.860. The van der Waals surface area contributed by atoms with Crippen molar-refractivity contribution in [1.29, 1.82) is 0 Å². The van der Waals surface area contributed by atoms with Gasteiger partial charge in [0, 0.05) is 19.6 Å². The number of benzene rings is 1. The first-order valence-electron chi connectivity index (χ1n) is 7.58.